The van der Waals surface area contributed by atoms with Gasteiger partial charge in [0.15, 0.2) is 0 Å². The van der Waals surface area contributed by atoms with Crippen LogP contribution in [0.2, 0.25) is 0 Å². The fourth-order valence-electron chi connectivity index (χ4n) is 1.84. The molecule has 1 atom stereocenters. The predicted molar refractivity (Wildman–Crippen MR) is 82.7 cm³/mol. The molecule has 2 N–H and O–H groups in total. The molecule has 19 heavy (non-hydrogen) atoms. The first kappa shape index (κ1) is 14.1. The summed E-state index contributed by atoms with van der Waals surface area (Å²) in [5, 5.41) is 0. The molecule has 0 aliphatic rings. The topological polar surface area (TPSA) is 35.2 Å². The van der Waals surface area contributed by atoms with Crippen molar-refractivity contribution in [3.63, 3.8) is 0 Å². The van der Waals surface area contributed by atoms with E-state index in [1.807, 2.05) is 37.3 Å². The van der Waals surface area contributed by atoms with E-state index < -0.39 is 0 Å². The molecule has 0 heterocycles. The predicted octanol–water partition coefficient (Wildman–Crippen LogP) is 4.88. The van der Waals surface area contributed by atoms with Crippen molar-refractivity contribution in [2.24, 2.45) is 5.73 Å². The van der Waals surface area contributed by atoms with Gasteiger partial charge in [0.2, 0.25) is 0 Å². The van der Waals surface area contributed by atoms with Crippen molar-refractivity contribution < 1.29 is 4.74 Å². The summed E-state index contributed by atoms with van der Waals surface area (Å²) < 4.78 is 6.89. The molecule has 0 spiro atoms. The first-order valence-electron chi connectivity index (χ1n) is 6.28. The molecule has 0 aliphatic carbocycles. The number of hydrogen-bond acceptors (Lipinski definition) is 2. The van der Waals surface area contributed by atoms with E-state index in [2.05, 4.69) is 35.8 Å². The minimum absolute atomic E-state index is 0.0195. The van der Waals surface area contributed by atoms with Crippen molar-refractivity contribution in [2.45, 2.75) is 26.8 Å². The monoisotopic (exact) mass is 319 g/mol. The summed E-state index contributed by atoms with van der Waals surface area (Å²) in [6.07, 6.45) is 0. The number of nitrogens with two attached hydrogens (primary N) is 1. The lowest BCUT2D eigenvalue weighted by Gasteiger charge is -2.13. The van der Waals surface area contributed by atoms with E-state index in [0.717, 1.165) is 27.1 Å². The highest BCUT2D eigenvalue weighted by Gasteiger charge is 2.08. The van der Waals surface area contributed by atoms with Crippen molar-refractivity contribution in [3.05, 3.63) is 57.6 Å². The zero-order valence-corrected chi connectivity index (χ0v) is 13.0. The van der Waals surface area contributed by atoms with Crippen LogP contribution in [0.25, 0.3) is 0 Å². The fraction of sp³-hybridized carbons (Fsp3) is 0.250. The van der Waals surface area contributed by atoms with E-state index >= 15 is 0 Å². The minimum atomic E-state index is 0.0195. The van der Waals surface area contributed by atoms with E-state index in [-0.39, 0.29) is 6.04 Å². The third kappa shape index (κ3) is 3.17. The van der Waals surface area contributed by atoms with Crippen LogP contribution in [0.15, 0.2) is 40.9 Å². The highest BCUT2D eigenvalue weighted by molar-refractivity contribution is 9.10. The maximum atomic E-state index is 5.97. The van der Waals surface area contributed by atoms with Gasteiger partial charge < -0.3 is 10.5 Å². The zero-order chi connectivity index (χ0) is 14.0. The normalized spacial score (nSPS) is 12.3. The van der Waals surface area contributed by atoms with Gasteiger partial charge in [0, 0.05) is 6.04 Å². The molecule has 0 unspecified atom stereocenters. The molecule has 0 fully saturated rings. The third-order valence-electron chi connectivity index (χ3n) is 3.26. The molecule has 2 aromatic carbocycles. The van der Waals surface area contributed by atoms with Gasteiger partial charge >= 0.3 is 0 Å². The van der Waals surface area contributed by atoms with Gasteiger partial charge in [0.1, 0.15) is 11.5 Å². The van der Waals surface area contributed by atoms with Crippen molar-refractivity contribution in [3.8, 4) is 11.5 Å². The van der Waals surface area contributed by atoms with Gasteiger partial charge in [0.05, 0.1) is 4.47 Å². The average molecular weight is 320 g/mol. The summed E-state index contributed by atoms with van der Waals surface area (Å²) in [5.74, 6) is 1.69. The highest BCUT2D eigenvalue weighted by Crippen LogP contribution is 2.33. The molecule has 0 aromatic heterocycles. The molecule has 0 amide bonds. The van der Waals surface area contributed by atoms with Gasteiger partial charge in [-0.15, -0.1) is 0 Å². The molecule has 100 valence electrons. The van der Waals surface area contributed by atoms with E-state index in [1.54, 1.807) is 0 Å². The molecule has 0 saturated carbocycles. The van der Waals surface area contributed by atoms with Crippen LogP contribution in [0.1, 0.15) is 29.7 Å². The second-order valence-electron chi connectivity index (χ2n) is 4.78. The van der Waals surface area contributed by atoms with E-state index in [9.17, 15) is 0 Å². The van der Waals surface area contributed by atoms with Gasteiger partial charge in [-0.1, -0.05) is 18.2 Å². The quantitative estimate of drug-likeness (QED) is 0.875. The lowest BCUT2D eigenvalue weighted by atomic mass is 10.1. The lowest BCUT2D eigenvalue weighted by molar-refractivity contribution is 0.475. The summed E-state index contributed by atoms with van der Waals surface area (Å²) >= 11 is 3.54. The Morgan fingerprint density at radius 1 is 1.11 bits per heavy atom. The summed E-state index contributed by atoms with van der Waals surface area (Å²) in [6, 6.07) is 12.0. The minimum Gasteiger partial charge on any atom is -0.456 e. The number of aryl methyl sites for hydroxylation is 1. The molecular weight excluding hydrogens is 302 g/mol. The van der Waals surface area contributed by atoms with Crippen LogP contribution in [0.5, 0.6) is 11.5 Å². The molecule has 3 heteroatoms. The van der Waals surface area contributed by atoms with Gasteiger partial charge in [-0.05, 0) is 71.6 Å². The number of benzene rings is 2. The van der Waals surface area contributed by atoms with Crippen LogP contribution >= 0.6 is 15.9 Å². The molecule has 0 bridgehead atoms. The van der Waals surface area contributed by atoms with Crippen LogP contribution in [0.4, 0.5) is 0 Å². The summed E-state index contributed by atoms with van der Waals surface area (Å²) in [7, 11) is 0. The number of ether oxygens (including phenoxy) is 1. The SMILES string of the molecule is Cc1cccc(Oc2ccc([C@H](C)N)cc2Br)c1C. The number of halogens is 1. The Balaban J connectivity index is 2.31. The van der Waals surface area contributed by atoms with Crippen LogP contribution in [0.3, 0.4) is 0 Å². The second kappa shape index (κ2) is 5.76. The lowest BCUT2D eigenvalue weighted by Crippen LogP contribution is -2.04. The molecule has 0 radical (unpaired) electrons. The van der Waals surface area contributed by atoms with Crippen molar-refractivity contribution in [2.75, 3.05) is 0 Å². The van der Waals surface area contributed by atoms with Crippen LogP contribution in [0, 0.1) is 13.8 Å². The maximum Gasteiger partial charge on any atom is 0.141 e. The molecule has 2 rings (SSSR count). The van der Waals surface area contributed by atoms with Crippen LogP contribution in [-0.2, 0) is 0 Å². The van der Waals surface area contributed by atoms with Gasteiger partial charge in [-0.25, -0.2) is 0 Å². The third-order valence-corrected chi connectivity index (χ3v) is 3.88. The molecular formula is C16H18BrNO. The molecule has 2 nitrogen and oxygen atoms in total. The largest absolute Gasteiger partial charge is 0.456 e. The van der Waals surface area contributed by atoms with E-state index in [1.165, 1.54) is 5.56 Å². The van der Waals surface area contributed by atoms with E-state index in [0.29, 0.717) is 0 Å². The Labute approximate surface area is 122 Å². The summed E-state index contributed by atoms with van der Waals surface area (Å²) in [5.41, 5.74) is 9.33. The van der Waals surface area contributed by atoms with Crippen LogP contribution in [-0.4, -0.2) is 0 Å². The number of hydrogen-bond donors (Lipinski definition) is 1. The summed E-state index contributed by atoms with van der Waals surface area (Å²) in [6.45, 7) is 6.11. The molecule has 0 saturated heterocycles. The maximum absolute atomic E-state index is 5.97. The second-order valence-corrected chi connectivity index (χ2v) is 5.63. The first-order valence-corrected chi connectivity index (χ1v) is 7.07. The van der Waals surface area contributed by atoms with Gasteiger partial charge in [-0.2, -0.15) is 0 Å². The fourth-order valence-corrected chi connectivity index (χ4v) is 2.31. The summed E-state index contributed by atoms with van der Waals surface area (Å²) in [4.78, 5) is 0. The average Bonchev–Trinajstić information content (AvgIpc) is 2.37. The smallest absolute Gasteiger partial charge is 0.141 e. The van der Waals surface area contributed by atoms with Crippen molar-refractivity contribution >= 4 is 15.9 Å². The number of rotatable bonds is 3. The molecule has 2 aromatic rings. The van der Waals surface area contributed by atoms with Crippen LogP contribution < -0.4 is 10.5 Å². The van der Waals surface area contributed by atoms with Crippen molar-refractivity contribution in [1.29, 1.82) is 0 Å². The van der Waals surface area contributed by atoms with Gasteiger partial charge in [0.25, 0.3) is 0 Å². The zero-order valence-electron chi connectivity index (χ0n) is 11.4. The molecule has 0 aliphatic heterocycles. The Kier molecular flexibility index (Phi) is 4.27. The highest BCUT2D eigenvalue weighted by atomic mass is 79.9. The Morgan fingerprint density at radius 3 is 2.47 bits per heavy atom. The van der Waals surface area contributed by atoms with Crippen molar-refractivity contribution in [1.82, 2.24) is 0 Å². The van der Waals surface area contributed by atoms with Gasteiger partial charge in [-0.3, -0.25) is 0 Å². The standard InChI is InChI=1S/C16H18BrNO/c1-10-5-4-6-15(11(10)2)19-16-8-7-13(12(3)18)9-14(16)17/h4-9,12H,18H2,1-3H3/t12-/m0/s1. The Morgan fingerprint density at radius 2 is 1.84 bits per heavy atom. The Hall–Kier alpha value is -1.32. The first-order chi connectivity index (χ1) is 8.99. The Bertz CT molecular complexity index is 593. The van der Waals surface area contributed by atoms with E-state index in [4.69, 9.17) is 10.5 Å².